The lowest BCUT2D eigenvalue weighted by Crippen LogP contribution is -2.53. The van der Waals surface area contributed by atoms with E-state index in [2.05, 4.69) is 42.0 Å². The first kappa shape index (κ1) is 19.1. The molecule has 0 aromatic heterocycles. The summed E-state index contributed by atoms with van der Waals surface area (Å²) in [4.78, 5) is 13.9. The highest BCUT2D eigenvalue weighted by Crippen LogP contribution is 2.25. The van der Waals surface area contributed by atoms with E-state index in [1.165, 1.54) is 10.6 Å². The Balaban J connectivity index is 1.84. The van der Waals surface area contributed by atoms with E-state index in [1.807, 2.05) is 13.8 Å². The smallest absolute Gasteiger partial charge is 0.226 e. The Morgan fingerprint density at radius 2 is 1.96 bits per heavy atom. The van der Waals surface area contributed by atoms with Crippen LogP contribution in [0.15, 0.2) is 28.2 Å². The van der Waals surface area contributed by atoms with Crippen LogP contribution < -0.4 is 16.2 Å². The molecule has 0 bridgehead atoms. The summed E-state index contributed by atoms with van der Waals surface area (Å²) in [6.07, 6.45) is 2.83. The second-order valence-corrected chi connectivity index (χ2v) is 6.58. The molecule has 0 radical (unpaired) electrons. The summed E-state index contributed by atoms with van der Waals surface area (Å²) >= 11 is 0. The van der Waals surface area contributed by atoms with E-state index in [1.54, 1.807) is 0 Å². The van der Waals surface area contributed by atoms with Crippen molar-refractivity contribution < 1.29 is 9.57 Å². The van der Waals surface area contributed by atoms with Crippen molar-refractivity contribution in [3.8, 4) is 5.75 Å². The summed E-state index contributed by atoms with van der Waals surface area (Å²) in [6.45, 7) is 8.98. The van der Waals surface area contributed by atoms with Gasteiger partial charge in [-0.1, -0.05) is 31.5 Å². The molecule has 1 aromatic rings. The summed E-state index contributed by atoms with van der Waals surface area (Å²) in [7, 11) is 0. The van der Waals surface area contributed by atoms with Crippen molar-refractivity contribution in [1.29, 1.82) is 0 Å². The van der Waals surface area contributed by atoms with Gasteiger partial charge in [-0.15, -0.1) is 0 Å². The van der Waals surface area contributed by atoms with E-state index in [0.29, 0.717) is 13.2 Å². The molecule has 0 unspecified atom stereocenters. The minimum atomic E-state index is -0.679. The molecule has 0 spiro atoms. The van der Waals surface area contributed by atoms with E-state index in [-0.39, 0.29) is 11.9 Å². The SMILES string of the molecule is CCCc1cccc(C)c1OCCCON1C(N)=NC(N)=NC1(C)C. The Labute approximate surface area is 149 Å². The standard InChI is InChI=1S/C18H29N5O2/c1-5-8-14-10-6-9-13(2)15(14)24-11-7-12-25-23-17(20)21-16(19)22-18(23,3)4/h6,9-10H,5,7-8,11-12H2,1-4H3,(H4,19,20,21,22). The largest absolute Gasteiger partial charge is 0.493 e. The second kappa shape index (κ2) is 8.20. The van der Waals surface area contributed by atoms with Crippen LogP contribution in [0.2, 0.25) is 0 Å². The highest BCUT2D eigenvalue weighted by atomic mass is 16.7. The number of guanidine groups is 2. The van der Waals surface area contributed by atoms with Crippen molar-refractivity contribution in [3.05, 3.63) is 29.3 Å². The van der Waals surface area contributed by atoms with Crippen molar-refractivity contribution in [3.63, 3.8) is 0 Å². The number of aryl methyl sites for hydroxylation is 2. The van der Waals surface area contributed by atoms with Gasteiger partial charge in [0.25, 0.3) is 0 Å². The fourth-order valence-electron chi connectivity index (χ4n) is 2.79. The zero-order chi connectivity index (χ0) is 18.4. The van der Waals surface area contributed by atoms with Crippen LogP contribution in [0.25, 0.3) is 0 Å². The first-order valence-corrected chi connectivity index (χ1v) is 8.69. The molecule has 0 amide bonds. The number of hydrogen-bond acceptors (Lipinski definition) is 7. The monoisotopic (exact) mass is 347 g/mol. The molecule has 1 aliphatic rings. The molecular weight excluding hydrogens is 318 g/mol. The van der Waals surface area contributed by atoms with Crippen LogP contribution >= 0.6 is 0 Å². The van der Waals surface area contributed by atoms with Crippen molar-refractivity contribution in [2.45, 2.75) is 52.6 Å². The van der Waals surface area contributed by atoms with Crippen LogP contribution in [-0.2, 0) is 11.3 Å². The van der Waals surface area contributed by atoms with Crippen molar-refractivity contribution in [1.82, 2.24) is 5.06 Å². The van der Waals surface area contributed by atoms with Gasteiger partial charge in [0.1, 0.15) is 5.75 Å². The van der Waals surface area contributed by atoms with Crippen molar-refractivity contribution >= 4 is 11.9 Å². The summed E-state index contributed by atoms with van der Waals surface area (Å²) in [6, 6.07) is 6.27. The molecule has 25 heavy (non-hydrogen) atoms. The second-order valence-electron chi connectivity index (χ2n) is 6.58. The Hall–Kier alpha value is -2.28. The van der Waals surface area contributed by atoms with Crippen LogP contribution in [0.1, 0.15) is 44.7 Å². The van der Waals surface area contributed by atoms with E-state index in [0.717, 1.165) is 30.6 Å². The van der Waals surface area contributed by atoms with Crippen LogP contribution in [-0.4, -0.2) is 35.9 Å². The van der Waals surface area contributed by atoms with Gasteiger partial charge in [0.05, 0.1) is 13.2 Å². The maximum Gasteiger partial charge on any atom is 0.226 e. The Bertz CT molecular complexity index is 655. The molecule has 1 aromatic carbocycles. The molecule has 0 atom stereocenters. The Morgan fingerprint density at radius 1 is 1.20 bits per heavy atom. The van der Waals surface area contributed by atoms with Crippen LogP contribution in [0.5, 0.6) is 5.75 Å². The molecule has 0 aliphatic carbocycles. The lowest BCUT2D eigenvalue weighted by Gasteiger charge is -2.36. The fraction of sp³-hybridized carbons (Fsp3) is 0.556. The zero-order valence-electron chi connectivity index (χ0n) is 15.6. The van der Waals surface area contributed by atoms with Crippen molar-refractivity contribution in [2.24, 2.45) is 21.5 Å². The number of nitrogens with two attached hydrogens (primary N) is 2. The first-order chi connectivity index (χ1) is 11.8. The summed E-state index contributed by atoms with van der Waals surface area (Å²) < 4.78 is 6.00. The number of para-hydroxylation sites is 1. The lowest BCUT2D eigenvalue weighted by molar-refractivity contribution is -0.158. The van der Waals surface area contributed by atoms with Crippen LogP contribution in [0.3, 0.4) is 0 Å². The van der Waals surface area contributed by atoms with Gasteiger partial charge in [0, 0.05) is 6.42 Å². The quantitative estimate of drug-likeness (QED) is 0.703. The molecule has 7 nitrogen and oxygen atoms in total. The third-order valence-electron chi connectivity index (χ3n) is 3.89. The minimum absolute atomic E-state index is 0.161. The van der Waals surface area contributed by atoms with E-state index < -0.39 is 5.66 Å². The van der Waals surface area contributed by atoms with E-state index in [9.17, 15) is 0 Å². The molecule has 0 saturated heterocycles. The normalized spacial score (nSPS) is 16.4. The Morgan fingerprint density at radius 3 is 2.64 bits per heavy atom. The Kier molecular flexibility index (Phi) is 6.25. The predicted molar refractivity (Wildman–Crippen MR) is 100 cm³/mol. The summed E-state index contributed by atoms with van der Waals surface area (Å²) in [5.74, 6) is 1.36. The molecule has 138 valence electrons. The summed E-state index contributed by atoms with van der Waals surface area (Å²) in [5, 5.41) is 1.49. The topological polar surface area (TPSA) is 98.5 Å². The third kappa shape index (κ3) is 4.85. The molecule has 1 heterocycles. The van der Waals surface area contributed by atoms with Gasteiger partial charge in [-0.2, -0.15) is 10.1 Å². The number of hydrogen-bond donors (Lipinski definition) is 2. The molecule has 0 fully saturated rings. The number of ether oxygens (including phenoxy) is 1. The molecule has 0 saturated carbocycles. The number of nitrogens with zero attached hydrogens (tertiary/aromatic N) is 3. The van der Waals surface area contributed by atoms with Gasteiger partial charge in [0.2, 0.25) is 11.9 Å². The van der Waals surface area contributed by atoms with Crippen LogP contribution in [0, 0.1) is 6.92 Å². The maximum absolute atomic E-state index is 6.00. The number of hydroxylamine groups is 2. The fourth-order valence-corrected chi connectivity index (χ4v) is 2.79. The maximum atomic E-state index is 6.00. The van der Waals surface area contributed by atoms with Gasteiger partial charge in [-0.05, 0) is 38.3 Å². The van der Waals surface area contributed by atoms with Gasteiger partial charge in [-0.25, -0.2) is 4.99 Å². The zero-order valence-corrected chi connectivity index (χ0v) is 15.6. The summed E-state index contributed by atoms with van der Waals surface area (Å²) in [5.41, 5.74) is 13.2. The van der Waals surface area contributed by atoms with E-state index >= 15 is 0 Å². The van der Waals surface area contributed by atoms with Gasteiger partial charge in [-0.3, -0.25) is 4.84 Å². The molecular formula is C18H29N5O2. The average molecular weight is 347 g/mol. The number of rotatable bonds is 8. The first-order valence-electron chi connectivity index (χ1n) is 8.69. The molecule has 4 N–H and O–H groups in total. The third-order valence-corrected chi connectivity index (χ3v) is 3.89. The minimum Gasteiger partial charge on any atom is -0.493 e. The number of benzene rings is 1. The average Bonchev–Trinajstić information content (AvgIpc) is 2.51. The highest BCUT2D eigenvalue weighted by Gasteiger charge is 2.32. The lowest BCUT2D eigenvalue weighted by atomic mass is 10.1. The van der Waals surface area contributed by atoms with Crippen molar-refractivity contribution in [2.75, 3.05) is 13.2 Å². The van der Waals surface area contributed by atoms with Gasteiger partial charge in [0.15, 0.2) is 5.66 Å². The van der Waals surface area contributed by atoms with Gasteiger partial charge < -0.3 is 16.2 Å². The molecule has 7 heteroatoms. The van der Waals surface area contributed by atoms with E-state index in [4.69, 9.17) is 21.0 Å². The predicted octanol–water partition coefficient (Wildman–Crippen LogP) is 2.33. The number of aliphatic imine (C=N–C) groups is 2. The van der Waals surface area contributed by atoms with Gasteiger partial charge >= 0.3 is 0 Å². The molecule has 2 rings (SSSR count). The van der Waals surface area contributed by atoms with Crippen LogP contribution in [0.4, 0.5) is 0 Å². The molecule has 1 aliphatic heterocycles. The highest BCUT2D eigenvalue weighted by molar-refractivity contribution is 5.95.